The van der Waals surface area contributed by atoms with E-state index in [1.807, 2.05) is 0 Å². The molecule has 0 saturated carbocycles. The summed E-state index contributed by atoms with van der Waals surface area (Å²) in [5, 5.41) is 4.57. The third-order valence-electron chi connectivity index (χ3n) is 2.11. The van der Waals surface area contributed by atoms with Crippen LogP contribution in [0.5, 0.6) is 0 Å². The molecule has 4 nitrogen and oxygen atoms in total. The van der Waals surface area contributed by atoms with Crippen molar-refractivity contribution < 1.29 is 18.0 Å². The molecule has 20 heavy (non-hydrogen) atoms. The van der Waals surface area contributed by atoms with Gasteiger partial charge < -0.3 is 5.32 Å². The van der Waals surface area contributed by atoms with Crippen LogP contribution < -0.4 is 5.32 Å². The van der Waals surface area contributed by atoms with E-state index < -0.39 is 23.2 Å². The van der Waals surface area contributed by atoms with E-state index in [2.05, 4.69) is 15.3 Å². The molecular formula is C11H8F3N3OS2. The predicted molar refractivity (Wildman–Crippen MR) is 69.4 cm³/mol. The number of thioether (sulfide) groups is 1. The maximum atomic E-state index is 12.4. The van der Waals surface area contributed by atoms with Gasteiger partial charge in [-0.05, 0) is 12.1 Å². The summed E-state index contributed by atoms with van der Waals surface area (Å²) in [5.74, 6) is -0.611. The SMILES string of the molecule is O=C(NCc1nccs1)c1cccnc1SC(F)(F)F. The molecule has 2 aromatic rings. The summed E-state index contributed by atoms with van der Waals surface area (Å²) < 4.78 is 37.1. The van der Waals surface area contributed by atoms with Crippen LogP contribution in [0.25, 0.3) is 0 Å². The molecule has 0 atom stereocenters. The summed E-state index contributed by atoms with van der Waals surface area (Å²) in [7, 11) is 0. The van der Waals surface area contributed by atoms with Crippen molar-refractivity contribution in [3.63, 3.8) is 0 Å². The normalized spacial score (nSPS) is 11.3. The van der Waals surface area contributed by atoms with Crippen molar-refractivity contribution in [3.05, 3.63) is 40.5 Å². The molecule has 106 valence electrons. The number of alkyl halides is 3. The highest BCUT2D eigenvalue weighted by molar-refractivity contribution is 8.00. The monoisotopic (exact) mass is 319 g/mol. The Hall–Kier alpha value is -1.61. The van der Waals surface area contributed by atoms with Gasteiger partial charge in [0.25, 0.3) is 5.91 Å². The van der Waals surface area contributed by atoms with E-state index in [0.29, 0.717) is 5.01 Å². The van der Waals surface area contributed by atoms with Gasteiger partial charge in [0, 0.05) is 29.5 Å². The Morgan fingerprint density at radius 2 is 2.15 bits per heavy atom. The van der Waals surface area contributed by atoms with Crippen molar-refractivity contribution in [2.45, 2.75) is 17.1 Å². The summed E-state index contributed by atoms with van der Waals surface area (Å²) in [6, 6.07) is 2.72. The molecule has 1 N–H and O–H groups in total. The fraction of sp³-hybridized carbons (Fsp3) is 0.182. The zero-order valence-corrected chi connectivity index (χ0v) is 11.5. The number of nitrogens with one attached hydrogen (secondary N) is 1. The number of carbonyl (C=O) groups is 1. The number of pyridine rings is 1. The molecule has 2 heterocycles. The first-order chi connectivity index (χ1) is 9.46. The lowest BCUT2D eigenvalue weighted by atomic mass is 10.2. The zero-order valence-electron chi connectivity index (χ0n) is 9.85. The smallest absolute Gasteiger partial charge is 0.345 e. The van der Waals surface area contributed by atoms with E-state index in [4.69, 9.17) is 0 Å². The summed E-state index contributed by atoms with van der Waals surface area (Å²) >= 11 is 0.942. The zero-order chi connectivity index (χ0) is 14.6. The molecule has 9 heteroatoms. The minimum Gasteiger partial charge on any atom is -0.345 e. The maximum absolute atomic E-state index is 12.4. The van der Waals surface area contributed by atoms with Crippen LogP contribution >= 0.6 is 23.1 Å². The molecule has 0 radical (unpaired) electrons. The van der Waals surface area contributed by atoms with Crippen LogP contribution in [0.4, 0.5) is 13.2 Å². The quantitative estimate of drug-likeness (QED) is 0.880. The van der Waals surface area contributed by atoms with Gasteiger partial charge in [0.05, 0.1) is 12.1 Å². The van der Waals surface area contributed by atoms with Gasteiger partial charge in [-0.25, -0.2) is 9.97 Å². The Balaban J connectivity index is 2.09. The fourth-order valence-electron chi connectivity index (χ4n) is 1.35. The Morgan fingerprint density at radius 1 is 1.35 bits per heavy atom. The molecule has 0 unspecified atom stereocenters. The minimum atomic E-state index is -4.49. The third-order valence-corrected chi connectivity index (χ3v) is 3.64. The van der Waals surface area contributed by atoms with Gasteiger partial charge in [0.15, 0.2) is 0 Å². The van der Waals surface area contributed by atoms with E-state index >= 15 is 0 Å². The van der Waals surface area contributed by atoms with Gasteiger partial charge in [-0.1, -0.05) is 0 Å². The Bertz CT molecular complexity index is 587. The maximum Gasteiger partial charge on any atom is 0.447 e. The topological polar surface area (TPSA) is 54.9 Å². The Labute approximate surface area is 120 Å². The highest BCUT2D eigenvalue weighted by atomic mass is 32.2. The van der Waals surface area contributed by atoms with Gasteiger partial charge in [-0.15, -0.1) is 11.3 Å². The predicted octanol–water partition coefficient (Wildman–Crippen LogP) is 3.08. The summed E-state index contributed by atoms with van der Waals surface area (Å²) in [5.41, 5.74) is -4.59. The van der Waals surface area contributed by atoms with Crippen LogP contribution in [-0.2, 0) is 6.54 Å². The largest absolute Gasteiger partial charge is 0.447 e. The van der Waals surface area contributed by atoms with Gasteiger partial charge in [-0.2, -0.15) is 13.2 Å². The lowest BCUT2D eigenvalue weighted by molar-refractivity contribution is -0.0329. The third kappa shape index (κ3) is 4.20. The first-order valence-electron chi connectivity index (χ1n) is 5.33. The molecule has 0 fully saturated rings. The molecule has 0 aliphatic heterocycles. The molecule has 0 aromatic carbocycles. The number of rotatable bonds is 4. The van der Waals surface area contributed by atoms with Crippen LogP contribution in [0.15, 0.2) is 34.9 Å². The molecule has 0 aliphatic carbocycles. The molecule has 0 saturated heterocycles. The van der Waals surface area contributed by atoms with Gasteiger partial charge in [0.1, 0.15) is 10.0 Å². The van der Waals surface area contributed by atoms with Crippen LogP contribution in [0.3, 0.4) is 0 Å². The number of nitrogens with zero attached hydrogens (tertiary/aromatic N) is 2. The number of aromatic nitrogens is 2. The first-order valence-corrected chi connectivity index (χ1v) is 7.02. The summed E-state index contributed by atoms with van der Waals surface area (Å²) in [6.45, 7) is 0.168. The average molecular weight is 319 g/mol. The van der Waals surface area contributed by atoms with Crippen molar-refractivity contribution in [1.29, 1.82) is 0 Å². The van der Waals surface area contributed by atoms with Crippen LogP contribution in [0.2, 0.25) is 0 Å². The molecule has 0 spiro atoms. The van der Waals surface area contributed by atoms with Gasteiger partial charge in [-0.3, -0.25) is 4.79 Å². The van der Waals surface area contributed by atoms with Crippen LogP contribution in [0, 0.1) is 0 Å². The lowest BCUT2D eigenvalue weighted by Gasteiger charge is -2.09. The number of hydrogen-bond donors (Lipinski definition) is 1. The van der Waals surface area contributed by atoms with Crippen LogP contribution in [0.1, 0.15) is 15.4 Å². The van der Waals surface area contributed by atoms with Crippen LogP contribution in [-0.4, -0.2) is 21.4 Å². The number of halogens is 3. The number of hydrogen-bond acceptors (Lipinski definition) is 5. The fourth-order valence-corrected chi connectivity index (χ4v) is 2.51. The Kier molecular flexibility index (Phi) is 4.61. The van der Waals surface area contributed by atoms with Gasteiger partial charge >= 0.3 is 5.51 Å². The van der Waals surface area contributed by atoms with Crippen molar-refractivity contribution in [1.82, 2.24) is 15.3 Å². The van der Waals surface area contributed by atoms with Crippen molar-refractivity contribution in [2.24, 2.45) is 0 Å². The second-order valence-corrected chi connectivity index (χ2v) is 5.55. The standard InChI is InChI=1S/C11H8F3N3OS2/c12-11(13,14)20-10-7(2-1-3-16-10)9(18)17-6-8-15-4-5-19-8/h1-5H,6H2,(H,17,18). The number of amides is 1. The van der Waals surface area contributed by atoms with Crippen molar-refractivity contribution in [3.8, 4) is 0 Å². The summed E-state index contributed by atoms with van der Waals surface area (Å²) in [4.78, 5) is 19.5. The van der Waals surface area contributed by atoms with E-state index in [0.717, 1.165) is 0 Å². The molecule has 1 amide bonds. The molecule has 2 aromatic heterocycles. The molecule has 0 bridgehead atoms. The molecule has 0 aliphatic rings. The summed E-state index contributed by atoms with van der Waals surface area (Å²) in [6.07, 6.45) is 2.80. The van der Waals surface area contributed by atoms with Crippen molar-refractivity contribution >= 4 is 29.0 Å². The van der Waals surface area contributed by atoms with E-state index in [-0.39, 0.29) is 17.1 Å². The van der Waals surface area contributed by atoms with Crippen molar-refractivity contribution in [2.75, 3.05) is 0 Å². The second-order valence-electron chi connectivity index (χ2n) is 3.51. The van der Waals surface area contributed by atoms with E-state index in [1.165, 1.54) is 29.7 Å². The highest BCUT2D eigenvalue weighted by Crippen LogP contribution is 2.37. The minimum absolute atomic E-state index is 0.105. The second kappa shape index (κ2) is 6.23. The number of carbonyl (C=O) groups excluding carboxylic acids is 1. The number of thiazole rings is 1. The molecule has 2 rings (SSSR count). The van der Waals surface area contributed by atoms with E-state index in [9.17, 15) is 18.0 Å². The van der Waals surface area contributed by atoms with E-state index in [1.54, 1.807) is 11.6 Å². The Morgan fingerprint density at radius 3 is 2.80 bits per heavy atom. The van der Waals surface area contributed by atoms with Gasteiger partial charge in [0.2, 0.25) is 0 Å². The lowest BCUT2D eigenvalue weighted by Crippen LogP contribution is -2.24. The molecular weight excluding hydrogens is 311 g/mol. The average Bonchev–Trinajstić information content (AvgIpc) is 2.88. The first kappa shape index (κ1) is 14.8. The highest BCUT2D eigenvalue weighted by Gasteiger charge is 2.32.